The van der Waals surface area contributed by atoms with Crippen LogP contribution in [0.4, 0.5) is 4.39 Å². The third kappa shape index (κ3) is 3.74. The van der Waals surface area contributed by atoms with E-state index in [0.717, 1.165) is 15.6 Å². The molecule has 0 aromatic heterocycles. The first-order valence-corrected chi connectivity index (χ1v) is 7.28. The van der Waals surface area contributed by atoms with Gasteiger partial charge < -0.3 is 15.2 Å². The maximum Gasteiger partial charge on any atom is 0.133 e. The second-order valence-corrected chi connectivity index (χ2v) is 5.58. The van der Waals surface area contributed by atoms with Gasteiger partial charge in [-0.15, -0.1) is 0 Å². The number of halogens is 2. The Balaban J connectivity index is 2.20. The molecule has 21 heavy (non-hydrogen) atoms. The lowest BCUT2D eigenvalue weighted by molar-refractivity contribution is 0.294. The topological polar surface area (TPSA) is 44.5 Å². The molecule has 0 spiro atoms. The van der Waals surface area contributed by atoms with Crippen LogP contribution in [0.5, 0.6) is 11.5 Å². The molecule has 2 rings (SSSR count). The van der Waals surface area contributed by atoms with Crippen LogP contribution in [0.1, 0.15) is 16.7 Å². The number of rotatable bonds is 5. The van der Waals surface area contributed by atoms with Crippen LogP contribution in [0.2, 0.25) is 0 Å². The molecule has 5 heteroatoms. The first-order valence-electron chi connectivity index (χ1n) is 6.49. The number of hydrogen-bond donors (Lipinski definition) is 1. The molecule has 2 N–H and O–H groups in total. The Kier molecular flexibility index (Phi) is 5.20. The second kappa shape index (κ2) is 6.91. The van der Waals surface area contributed by atoms with E-state index in [2.05, 4.69) is 15.9 Å². The molecule has 0 aliphatic heterocycles. The number of ether oxygens (including phenoxy) is 2. The van der Waals surface area contributed by atoms with Crippen molar-refractivity contribution in [3.05, 3.63) is 57.3 Å². The summed E-state index contributed by atoms with van der Waals surface area (Å²) in [6.45, 7) is 2.44. The van der Waals surface area contributed by atoms with Gasteiger partial charge in [-0.3, -0.25) is 0 Å². The van der Waals surface area contributed by atoms with Crippen LogP contribution in [0, 0.1) is 12.7 Å². The van der Waals surface area contributed by atoms with E-state index in [1.165, 1.54) is 13.2 Å². The number of aryl methyl sites for hydroxylation is 1. The van der Waals surface area contributed by atoms with Crippen molar-refractivity contribution in [3.8, 4) is 11.5 Å². The minimum absolute atomic E-state index is 0.144. The molecular weight excluding hydrogens is 337 g/mol. The number of benzene rings is 2. The summed E-state index contributed by atoms with van der Waals surface area (Å²) in [5.74, 6) is 0.841. The molecule has 0 fully saturated rings. The summed E-state index contributed by atoms with van der Waals surface area (Å²) in [4.78, 5) is 0. The highest BCUT2D eigenvalue weighted by atomic mass is 79.9. The highest BCUT2D eigenvalue weighted by molar-refractivity contribution is 9.10. The first-order chi connectivity index (χ1) is 10.0. The molecule has 0 atom stereocenters. The highest BCUT2D eigenvalue weighted by Gasteiger charge is 2.10. The molecule has 0 radical (unpaired) electrons. The van der Waals surface area contributed by atoms with Gasteiger partial charge in [0.05, 0.1) is 7.11 Å². The average Bonchev–Trinajstić information content (AvgIpc) is 2.46. The van der Waals surface area contributed by atoms with E-state index in [0.29, 0.717) is 23.6 Å². The molecule has 0 amide bonds. The molecule has 0 unspecified atom stereocenters. The van der Waals surface area contributed by atoms with Crippen molar-refractivity contribution in [3.63, 3.8) is 0 Å². The Morgan fingerprint density at radius 1 is 1.19 bits per heavy atom. The van der Waals surface area contributed by atoms with Crippen LogP contribution in [-0.4, -0.2) is 7.11 Å². The number of hydrogen-bond acceptors (Lipinski definition) is 3. The van der Waals surface area contributed by atoms with Crippen molar-refractivity contribution >= 4 is 15.9 Å². The minimum Gasteiger partial charge on any atom is -0.497 e. The maximum atomic E-state index is 13.9. The standard InChI is InChI=1S/C16H17BrFNO2/c1-10-5-13(17)6-12(8-19)16(10)21-9-11-3-4-14(20-2)7-15(11)18/h3-7H,8-9,19H2,1-2H3. The lowest BCUT2D eigenvalue weighted by Gasteiger charge is -2.14. The lowest BCUT2D eigenvalue weighted by atomic mass is 10.1. The SMILES string of the molecule is COc1ccc(COc2c(C)cc(Br)cc2CN)c(F)c1. The molecule has 0 heterocycles. The monoisotopic (exact) mass is 353 g/mol. The molecule has 0 aliphatic rings. The summed E-state index contributed by atoms with van der Waals surface area (Å²) in [6.07, 6.45) is 0. The third-order valence-electron chi connectivity index (χ3n) is 3.17. The van der Waals surface area contributed by atoms with Crippen molar-refractivity contribution in [2.75, 3.05) is 7.11 Å². The molecule has 3 nitrogen and oxygen atoms in total. The van der Waals surface area contributed by atoms with Crippen molar-refractivity contribution in [1.82, 2.24) is 0 Å². The van der Waals surface area contributed by atoms with E-state index in [1.54, 1.807) is 12.1 Å². The Morgan fingerprint density at radius 3 is 2.57 bits per heavy atom. The van der Waals surface area contributed by atoms with Gasteiger partial charge in [0.1, 0.15) is 23.9 Å². The minimum atomic E-state index is -0.349. The molecule has 112 valence electrons. The molecule has 2 aromatic carbocycles. The third-order valence-corrected chi connectivity index (χ3v) is 3.63. The highest BCUT2D eigenvalue weighted by Crippen LogP contribution is 2.29. The zero-order chi connectivity index (χ0) is 15.4. The van der Waals surface area contributed by atoms with E-state index >= 15 is 0 Å². The predicted molar refractivity (Wildman–Crippen MR) is 84.1 cm³/mol. The summed E-state index contributed by atoms with van der Waals surface area (Å²) >= 11 is 3.43. The Bertz CT molecular complexity index is 646. The molecule has 0 aliphatic carbocycles. The Morgan fingerprint density at radius 2 is 1.95 bits per heavy atom. The summed E-state index contributed by atoms with van der Waals surface area (Å²) in [5, 5.41) is 0. The van der Waals surface area contributed by atoms with E-state index in [9.17, 15) is 4.39 Å². The van der Waals surface area contributed by atoms with Gasteiger partial charge >= 0.3 is 0 Å². The predicted octanol–water partition coefficient (Wildman–Crippen LogP) is 3.94. The van der Waals surface area contributed by atoms with Gasteiger partial charge in [0, 0.05) is 28.2 Å². The quantitative estimate of drug-likeness (QED) is 0.885. The summed E-state index contributed by atoms with van der Waals surface area (Å²) in [6, 6.07) is 8.56. The summed E-state index contributed by atoms with van der Waals surface area (Å²) in [5.41, 5.74) is 8.05. The fraction of sp³-hybridized carbons (Fsp3) is 0.250. The number of nitrogens with two attached hydrogens (primary N) is 1. The van der Waals surface area contributed by atoms with Crippen molar-refractivity contribution < 1.29 is 13.9 Å². The fourth-order valence-electron chi connectivity index (χ4n) is 2.08. The van der Waals surface area contributed by atoms with Crippen LogP contribution in [0.15, 0.2) is 34.8 Å². The van der Waals surface area contributed by atoms with Crippen LogP contribution in [0.25, 0.3) is 0 Å². The summed E-state index contributed by atoms with van der Waals surface area (Å²) in [7, 11) is 1.50. The lowest BCUT2D eigenvalue weighted by Crippen LogP contribution is -2.05. The normalized spacial score (nSPS) is 10.5. The smallest absolute Gasteiger partial charge is 0.133 e. The van der Waals surface area contributed by atoms with Gasteiger partial charge in [0.2, 0.25) is 0 Å². The largest absolute Gasteiger partial charge is 0.497 e. The van der Waals surface area contributed by atoms with Crippen molar-refractivity contribution in [2.24, 2.45) is 5.73 Å². The molecule has 2 aromatic rings. The van der Waals surface area contributed by atoms with E-state index < -0.39 is 0 Å². The van der Waals surface area contributed by atoms with Gasteiger partial charge in [-0.25, -0.2) is 4.39 Å². The van der Waals surface area contributed by atoms with Gasteiger partial charge in [-0.2, -0.15) is 0 Å². The maximum absolute atomic E-state index is 13.9. The first kappa shape index (κ1) is 15.8. The van der Waals surface area contributed by atoms with Crippen LogP contribution in [0.3, 0.4) is 0 Å². The molecule has 0 saturated heterocycles. The summed E-state index contributed by atoms with van der Waals surface area (Å²) < 4.78 is 25.6. The molecular formula is C16H17BrFNO2. The van der Waals surface area contributed by atoms with E-state index in [1.807, 2.05) is 19.1 Å². The van der Waals surface area contributed by atoms with Gasteiger partial charge in [0.15, 0.2) is 0 Å². The Hall–Kier alpha value is -1.59. The van der Waals surface area contributed by atoms with Gasteiger partial charge in [-0.1, -0.05) is 15.9 Å². The van der Waals surface area contributed by atoms with Crippen molar-refractivity contribution in [2.45, 2.75) is 20.1 Å². The van der Waals surface area contributed by atoms with Crippen LogP contribution in [-0.2, 0) is 13.2 Å². The van der Waals surface area contributed by atoms with Crippen molar-refractivity contribution in [1.29, 1.82) is 0 Å². The average molecular weight is 354 g/mol. The fourth-order valence-corrected chi connectivity index (χ4v) is 2.70. The van der Waals surface area contributed by atoms with Crippen LogP contribution >= 0.6 is 15.9 Å². The molecule has 0 saturated carbocycles. The zero-order valence-electron chi connectivity index (χ0n) is 12.0. The van der Waals surface area contributed by atoms with Crippen LogP contribution < -0.4 is 15.2 Å². The molecule has 0 bridgehead atoms. The van der Waals surface area contributed by atoms with Gasteiger partial charge in [-0.05, 0) is 36.8 Å². The Labute approximate surface area is 132 Å². The second-order valence-electron chi connectivity index (χ2n) is 4.66. The number of methoxy groups -OCH3 is 1. The van der Waals surface area contributed by atoms with Gasteiger partial charge in [0.25, 0.3) is 0 Å². The van der Waals surface area contributed by atoms with E-state index in [-0.39, 0.29) is 12.4 Å². The zero-order valence-corrected chi connectivity index (χ0v) is 13.5. The van der Waals surface area contributed by atoms with E-state index in [4.69, 9.17) is 15.2 Å².